The summed E-state index contributed by atoms with van der Waals surface area (Å²) in [5, 5.41) is 9.82. The van der Waals surface area contributed by atoms with E-state index in [9.17, 15) is 5.11 Å². The molecule has 0 unspecified atom stereocenters. The third kappa shape index (κ3) is 6.12. The molecule has 146 valence electrons. The van der Waals surface area contributed by atoms with E-state index in [1.54, 1.807) is 7.11 Å². The van der Waals surface area contributed by atoms with Crippen LogP contribution in [0.4, 0.5) is 0 Å². The molecule has 0 aliphatic heterocycles. The number of allylic oxidation sites excluding steroid dienone is 1. The number of methoxy groups -OCH3 is 1. The molecule has 0 heterocycles. The molecule has 4 nitrogen and oxygen atoms in total. The van der Waals surface area contributed by atoms with Crippen LogP contribution in [0, 0.1) is 6.92 Å². The van der Waals surface area contributed by atoms with E-state index in [2.05, 4.69) is 12.1 Å². The van der Waals surface area contributed by atoms with Crippen LogP contribution in [0.2, 0.25) is 0 Å². The minimum absolute atomic E-state index is 0.0903. The summed E-state index contributed by atoms with van der Waals surface area (Å²) < 4.78 is 17.4. The molecule has 4 heteroatoms. The lowest BCUT2D eigenvalue weighted by Crippen LogP contribution is -2.07. The molecule has 0 aromatic heterocycles. The first kappa shape index (κ1) is 21.0. The zero-order valence-corrected chi connectivity index (χ0v) is 16.7. The minimum atomic E-state index is -0.0903. The van der Waals surface area contributed by atoms with Gasteiger partial charge in [-0.25, -0.2) is 0 Å². The number of rotatable bonds is 10. The normalized spacial score (nSPS) is 10.6. The lowest BCUT2D eigenvalue weighted by Gasteiger charge is -2.19. The monoisotopic (exact) mass is 370 g/mol. The molecule has 0 amide bonds. The highest BCUT2D eigenvalue weighted by atomic mass is 16.5. The number of ether oxygens (including phenoxy) is 3. The van der Waals surface area contributed by atoms with E-state index >= 15 is 0 Å². The lowest BCUT2D eigenvalue weighted by atomic mass is 10.0. The van der Waals surface area contributed by atoms with Crippen molar-refractivity contribution in [2.45, 2.75) is 40.4 Å². The van der Waals surface area contributed by atoms with Gasteiger partial charge in [-0.1, -0.05) is 35.9 Å². The lowest BCUT2D eigenvalue weighted by molar-refractivity contribution is 0.119. The van der Waals surface area contributed by atoms with Crippen molar-refractivity contribution < 1.29 is 19.3 Å². The zero-order chi connectivity index (χ0) is 19.6. The minimum Gasteiger partial charge on any atom is -0.496 e. The van der Waals surface area contributed by atoms with Crippen molar-refractivity contribution >= 4 is 0 Å². The number of aliphatic hydroxyl groups is 1. The van der Waals surface area contributed by atoms with Crippen LogP contribution in [0.3, 0.4) is 0 Å². The van der Waals surface area contributed by atoms with Gasteiger partial charge in [0, 0.05) is 11.1 Å². The van der Waals surface area contributed by atoms with E-state index in [0.29, 0.717) is 25.6 Å². The van der Waals surface area contributed by atoms with Gasteiger partial charge in [-0.15, -0.1) is 0 Å². The van der Waals surface area contributed by atoms with E-state index < -0.39 is 0 Å². The Morgan fingerprint density at radius 1 is 1.15 bits per heavy atom. The maximum atomic E-state index is 9.82. The van der Waals surface area contributed by atoms with Crippen molar-refractivity contribution in [3.05, 3.63) is 70.3 Å². The summed E-state index contributed by atoms with van der Waals surface area (Å²) in [6.07, 6.45) is 2.87. The zero-order valence-electron chi connectivity index (χ0n) is 16.7. The first-order valence-corrected chi connectivity index (χ1v) is 9.24. The first-order chi connectivity index (χ1) is 13.1. The molecular formula is C23H30O4. The quantitative estimate of drug-likeness (QED) is 0.490. The van der Waals surface area contributed by atoms with Gasteiger partial charge in [0.25, 0.3) is 0 Å². The predicted octanol–water partition coefficient (Wildman–Crippen LogP) is 4.60. The summed E-state index contributed by atoms with van der Waals surface area (Å²) in [6, 6.07) is 12.1. The van der Waals surface area contributed by atoms with Gasteiger partial charge >= 0.3 is 0 Å². The summed E-state index contributed by atoms with van der Waals surface area (Å²) >= 11 is 0. The van der Waals surface area contributed by atoms with Crippen molar-refractivity contribution in [1.82, 2.24) is 0 Å². The van der Waals surface area contributed by atoms with E-state index in [1.807, 2.05) is 51.1 Å². The Hall–Kier alpha value is -2.30. The summed E-state index contributed by atoms with van der Waals surface area (Å²) in [7, 11) is 1.64. The van der Waals surface area contributed by atoms with Gasteiger partial charge in [-0.05, 0) is 50.5 Å². The van der Waals surface area contributed by atoms with Gasteiger partial charge in [0.2, 0.25) is 0 Å². The van der Waals surface area contributed by atoms with E-state index in [1.165, 1.54) is 11.1 Å². The number of hydrogen-bond acceptors (Lipinski definition) is 4. The molecule has 0 aliphatic carbocycles. The highest BCUT2D eigenvalue weighted by molar-refractivity contribution is 5.53. The largest absolute Gasteiger partial charge is 0.496 e. The second-order valence-corrected chi connectivity index (χ2v) is 6.71. The molecule has 0 radical (unpaired) electrons. The molecule has 0 fully saturated rings. The highest BCUT2D eigenvalue weighted by Crippen LogP contribution is 2.35. The Morgan fingerprint density at radius 3 is 2.52 bits per heavy atom. The van der Waals surface area contributed by atoms with Crippen LogP contribution in [-0.2, 0) is 24.4 Å². The van der Waals surface area contributed by atoms with Crippen LogP contribution >= 0.6 is 0 Å². The maximum absolute atomic E-state index is 9.82. The highest BCUT2D eigenvalue weighted by Gasteiger charge is 2.17. The number of benzene rings is 2. The summed E-state index contributed by atoms with van der Waals surface area (Å²) in [5.41, 5.74) is 5.00. The van der Waals surface area contributed by atoms with Crippen LogP contribution < -0.4 is 9.47 Å². The van der Waals surface area contributed by atoms with Gasteiger partial charge in [-0.3, -0.25) is 0 Å². The average molecular weight is 370 g/mol. The third-order valence-corrected chi connectivity index (χ3v) is 4.41. The molecule has 1 N–H and O–H groups in total. The fourth-order valence-electron chi connectivity index (χ4n) is 2.87. The van der Waals surface area contributed by atoms with Gasteiger partial charge < -0.3 is 19.3 Å². The summed E-state index contributed by atoms with van der Waals surface area (Å²) in [6.45, 7) is 7.43. The van der Waals surface area contributed by atoms with Crippen LogP contribution in [-0.4, -0.2) is 25.4 Å². The fraction of sp³-hybridized carbons (Fsp3) is 0.391. The van der Waals surface area contributed by atoms with Crippen molar-refractivity contribution in [3.63, 3.8) is 0 Å². The first-order valence-electron chi connectivity index (χ1n) is 9.24. The molecule has 0 saturated heterocycles. The van der Waals surface area contributed by atoms with Gasteiger partial charge in [0.15, 0.2) is 0 Å². The second kappa shape index (κ2) is 10.8. The Morgan fingerprint density at radius 2 is 1.89 bits per heavy atom. The van der Waals surface area contributed by atoms with Crippen molar-refractivity contribution in [2.24, 2.45) is 0 Å². The molecule has 0 aliphatic rings. The van der Waals surface area contributed by atoms with Gasteiger partial charge in [-0.2, -0.15) is 0 Å². The van der Waals surface area contributed by atoms with Crippen LogP contribution in [0.25, 0.3) is 0 Å². The third-order valence-electron chi connectivity index (χ3n) is 4.41. The van der Waals surface area contributed by atoms with Crippen molar-refractivity contribution in [2.75, 3.05) is 20.3 Å². The number of aliphatic hydroxyl groups excluding tert-OH is 1. The Bertz CT molecular complexity index is 747. The number of hydrogen-bond donors (Lipinski definition) is 1. The molecule has 0 atom stereocenters. The van der Waals surface area contributed by atoms with Gasteiger partial charge in [0.05, 0.1) is 26.9 Å². The van der Waals surface area contributed by atoms with Gasteiger partial charge in [0.1, 0.15) is 18.1 Å². The topological polar surface area (TPSA) is 47.9 Å². The standard InChI is InChI=1S/C23H30O4/c1-17(2)10-13-27-22-14-20(15-24)21(23(25-4)18(22)3)16-26-12-11-19-8-6-5-7-9-19/h5-10,14,24H,11-13,15-16H2,1-4H3. The predicted molar refractivity (Wildman–Crippen MR) is 108 cm³/mol. The average Bonchev–Trinajstić information content (AvgIpc) is 2.67. The fourth-order valence-corrected chi connectivity index (χ4v) is 2.87. The Balaban J connectivity index is 2.09. The summed E-state index contributed by atoms with van der Waals surface area (Å²) in [5.74, 6) is 1.44. The van der Waals surface area contributed by atoms with E-state index in [0.717, 1.165) is 28.9 Å². The molecule has 2 aromatic rings. The van der Waals surface area contributed by atoms with Crippen molar-refractivity contribution in [1.29, 1.82) is 0 Å². The van der Waals surface area contributed by atoms with E-state index in [-0.39, 0.29) is 6.61 Å². The summed E-state index contributed by atoms with van der Waals surface area (Å²) in [4.78, 5) is 0. The maximum Gasteiger partial charge on any atom is 0.131 e. The molecule has 2 aromatic carbocycles. The molecule has 2 rings (SSSR count). The molecule has 0 bridgehead atoms. The molecule has 0 saturated carbocycles. The SMILES string of the molecule is COc1c(C)c(OCC=C(C)C)cc(CO)c1COCCc1ccccc1. The molecule has 0 spiro atoms. The van der Waals surface area contributed by atoms with Crippen LogP contribution in [0.5, 0.6) is 11.5 Å². The molecule has 27 heavy (non-hydrogen) atoms. The Kier molecular flexibility index (Phi) is 8.37. The van der Waals surface area contributed by atoms with Crippen LogP contribution in [0.1, 0.15) is 36.1 Å². The second-order valence-electron chi connectivity index (χ2n) is 6.71. The van der Waals surface area contributed by atoms with Crippen LogP contribution in [0.15, 0.2) is 48.0 Å². The van der Waals surface area contributed by atoms with Crippen molar-refractivity contribution in [3.8, 4) is 11.5 Å². The Labute approximate surface area is 162 Å². The smallest absolute Gasteiger partial charge is 0.131 e. The molecular weight excluding hydrogens is 340 g/mol. The van der Waals surface area contributed by atoms with E-state index in [4.69, 9.17) is 14.2 Å².